The molecule has 1 atom stereocenters. The van der Waals surface area contributed by atoms with E-state index in [0.717, 1.165) is 29.5 Å². The van der Waals surface area contributed by atoms with Crippen molar-refractivity contribution < 1.29 is 4.79 Å². The van der Waals surface area contributed by atoms with Gasteiger partial charge in [0.2, 0.25) is 0 Å². The van der Waals surface area contributed by atoms with Crippen LogP contribution in [0, 0.1) is 0 Å². The number of carbonyl (C=O) groups excluding carboxylic acids is 1. The van der Waals surface area contributed by atoms with E-state index in [2.05, 4.69) is 21.0 Å². The maximum atomic E-state index is 12.4. The molecule has 2 heterocycles. The first-order valence-electron chi connectivity index (χ1n) is 7.00. The zero-order chi connectivity index (χ0) is 14.8. The van der Waals surface area contributed by atoms with E-state index >= 15 is 0 Å². The molecule has 5 nitrogen and oxygen atoms in total. The van der Waals surface area contributed by atoms with Gasteiger partial charge in [0.25, 0.3) is 5.91 Å². The van der Waals surface area contributed by atoms with Crippen LogP contribution in [0.15, 0.2) is 41.0 Å². The number of piperidine rings is 1. The molecule has 118 valence electrons. The van der Waals surface area contributed by atoms with Gasteiger partial charge in [-0.1, -0.05) is 22.0 Å². The first-order valence-corrected chi connectivity index (χ1v) is 7.79. The fourth-order valence-electron chi connectivity index (χ4n) is 2.56. The van der Waals surface area contributed by atoms with Crippen molar-refractivity contribution >= 4 is 34.2 Å². The minimum atomic E-state index is -0.0427. The van der Waals surface area contributed by atoms with E-state index in [4.69, 9.17) is 5.73 Å². The third-order valence-electron chi connectivity index (χ3n) is 3.63. The van der Waals surface area contributed by atoms with Gasteiger partial charge in [0, 0.05) is 29.8 Å². The second kappa shape index (κ2) is 7.26. The number of hydrogen-bond acceptors (Lipinski definition) is 3. The zero-order valence-electron chi connectivity index (χ0n) is 12.0. The van der Waals surface area contributed by atoms with Crippen molar-refractivity contribution in [2.45, 2.75) is 18.9 Å². The molecule has 1 aromatic carbocycles. The summed E-state index contributed by atoms with van der Waals surface area (Å²) in [5.74, 6) is -0.0427. The Labute approximate surface area is 144 Å². The predicted molar refractivity (Wildman–Crippen MR) is 91.6 cm³/mol. The van der Waals surface area contributed by atoms with Crippen molar-refractivity contribution in [3.8, 4) is 5.69 Å². The Morgan fingerprint density at radius 1 is 1.36 bits per heavy atom. The molecule has 22 heavy (non-hydrogen) atoms. The predicted octanol–water partition coefficient (Wildman–Crippen LogP) is 2.62. The standard InChI is InChI=1S/C15H17BrN4O.ClH/c16-11-3-1-5-13(9-11)20-8-6-14(18-20)15(21)19-7-2-4-12(17)10-19;/h1,3,5-6,8-9,12H,2,4,7,10,17H2;1H. The Kier molecular flexibility index (Phi) is 5.61. The lowest BCUT2D eigenvalue weighted by atomic mass is 10.1. The Morgan fingerprint density at radius 3 is 2.91 bits per heavy atom. The van der Waals surface area contributed by atoms with Crippen LogP contribution in [-0.4, -0.2) is 39.7 Å². The van der Waals surface area contributed by atoms with Crippen LogP contribution >= 0.6 is 28.3 Å². The summed E-state index contributed by atoms with van der Waals surface area (Å²) < 4.78 is 2.69. The lowest BCUT2D eigenvalue weighted by Gasteiger charge is -2.30. The number of rotatable bonds is 2. The number of aromatic nitrogens is 2. The van der Waals surface area contributed by atoms with E-state index in [-0.39, 0.29) is 24.4 Å². The monoisotopic (exact) mass is 384 g/mol. The summed E-state index contributed by atoms with van der Waals surface area (Å²) in [5, 5.41) is 4.39. The molecule has 1 aromatic heterocycles. The number of nitrogens with two attached hydrogens (primary N) is 1. The third kappa shape index (κ3) is 3.69. The van der Waals surface area contributed by atoms with E-state index < -0.39 is 0 Å². The highest BCUT2D eigenvalue weighted by molar-refractivity contribution is 9.10. The van der Waals surface area contributed by atoms with Crippen LogP contribution in [0.2, 0.25) is 0 Å². The van der Waals surface area contributed by atoms with Gasteiger partial charge in [-0.25, -0.2) is 4.68 Å². The maximum absolute atomic E-state index is 12.4. The Hall–Kier alpha value is -1.37. The minimum Gasteiger partial charge on any atom is -0.336 e. The van der Waals surface area contributed by atoms with Gasteiger partial charge in [0.1, 0.15) is 0 Å². The van der Waals surface area contributed by atoms with Crippen LogP contribution in [-0.2, 0) is 0 Å². The van der Waals surface area contributed by atoms with E-state index in [1.54, 1.807) is 21.8 Å². The van der Waals surface area contributed by atoms with E-state index in [1.807, 2.05) is 24.3 Å². The first kappa shape index (κ1) is 17.0. The fraction of sp³-hybridized carbons (Fsp3) is 0.333. The first-order chi connectivity index (χ1) is 10.1. The summed E-state index contributed by atoms with van der Waals surface area (Å²) >= 11 is 3.43. The van der Waals surface area contributed by atoms with Crippen molar-refractivity contribution in [2.75, 3.05) is 13.1 Å². The summed E-state index contributed by atoms with van der Waals surface area (Å²) in [5.41, 5.74) is 7.31. The quantitative estimate of drug-likeness (QED) is 0.864. The molecule has 0 bridgehead atoms. The molecule has 0 aliphatic carbocycles. The van der Waals surface area contributed by atoms with Gasteiger partial charge in [-0.2, -0.15) is 5.10 Å². The highest BCUT2D eigenvalue weighted by Crippen LogP contribution is 2.16. The summed E-state index contributed by atoms with van der Waals surface area (Å²) in [6.45, 7) is 1.37. The van der Waals surface area contributed by atoms with Gasteiger partial charge in [-0.15, -0.1) is 12.4 Å². The van der Waals surface area contributed by atoms with Gasteiger partial charge in [-0.3, -0.25) is 4.79 Å². The molecule has 1 aliphatic heterocycles. The van der Waals surface area contributed by atoms with Crippen LogP contribution in [0.25, 0.3) is 5.69 Å². The summed E-state index contributed by atoms with van der Waals surface area (Å²) in [4.78, 5) is 14.2. The molecule has 0 saturated carbocycles. The fourth-order valence-corrected chi connectivity index (χ4v) is 2.94. The molecule has 3 rings (SSSR count). The zero-order valence-corrected chi connectivity index (χ0v) is 14.4. The van der Waals surface area contributed by atoms with Crippen LogP contribution in [0.5, 0.6) is 0 Å². The summed E-state index contributed by atoms with van der Waals surface area (Å²) in [7, 11) is 0. The molecule has 1 fully saturated rings. The SMILES string of the molecule is Cl.NC1CCCN(C(=O)c2ccn(-c3cccc(Br)c3)n2)C1. The highest BCUT2D eigenvalue weighted by Gasteiger charge is 2.23. The molecular weight excluding hydrogens is 368 g/mol. The van der Waals surface area contributed by atoms with Crippen molar-refractivity contribution in [2.24, 2.45) is 5.73 Å². The normalized spacial score (nSPS) is 17.9. The van der Waals surface area contributed by atoms with Gasteiger partial charge >= 0.3 is 0 Å². The molecule has 0 spiro atoms. The molecule has 2 N–H and O–H groups in total. The topological polar surface area (TPSA) is 64.2 Å². The lowest BCUT2D eigenvalue weighted by Crippen LogP contribution is -2.45. The van der Waals surface area contributed by atoms with Crippen molar-refractivity contribution in [1.29, 1.82) is 0 Å². The smallest absolute Gasteiger partial charge is 0.274 e. The lowest BCUT2D eigenvalue weighted by molar-refractivity contribution is 0.0702. The van der Waals surface area contributed by atoms with Crippen molar-refractivity contribution in [3.63, 3.8) is 0 Å². The second-order valence-corrected chi connectivity index (χ2v) is 6.19. The molecule has 1 aliphatic rings. The third-order valence-corrected chi connectivity index (χ3v) is 4.12. The van der Waals surface area contributed by atoms with E-state index in [1.165, 1.54) is 0 Å². The van der Waals surface area contributed by atoms with Gasteiger partial charge in [0.05, 0.1) is 5.69 Å². The number of likely N-dealkylation sites (tertiary alicyclic amines) is 1. The molecule has 0 radical (unpaired) electrons. The average molecular weight is 386 g/mol. The van der Waals surface area contributed by atoms with Crippen LogP contribution in [0.1, 0.15) is 23.3 Å². The molecule has 1 amide bonds. The van der Waals surface area contributed by atoms with Crippen molar-refractivity contribution in [1.82, 2.24) is 14.7 Å². The van der Waals surface area contributed by atoms with Crippen LogP contribution in [0.4, 0.5) is 0 Å². The number of nitrogens with zero attached hydrogens (tertiary/aromatic N) is 3. The number of benzene rings is 1. The van der Waals surface area contributed by atoms with E-state index in [0.29, 0.717) is 12.2 Å². The number of hydrogen-bond donors (Lipinski definition) is 1. The molecule has 7 heteroatoms. The van der Waals surface area contributed by atoms with Gasteiger partial charge in [0.15, 0.2) is 5.69 Å². The van der Waals surface area contributed by atoms with Crippen LogP contribution in [0.3, 0.4) is 0 Å². The summed E-state index contributed by atoms with van der Waals surface area (Å²) in [6.07, 6.45) is 3.74. The molecule has 2 aromatic rings. The minimum absolute atomic E-state index is 0. The van der Waals surface area contributed by atoms with Gasteiger partial charge < -0.3 is 10.6 Å². The average Bonchev–Trinajstić information content (AvgIpc) is 2.96. The Bertz CT molecular complexity index is 660. The molecule has 1 unspecified atom stereocenters. The number of carbonyl (C=O) groups is 1. The second-order valence-electron chi connectivity index (χ2n) is 5.28. The number of amides is 1. The Balaban J connectivity index is 0.00000176. The van der Waals surface area contributed by atoms with Crippen molar-refractivity contribution in [3.05, 3.63) is 46.7 Å². The highest BCUT2D eigenvalue weighted by atomic mass is 79.9. The van der Waals surface area contributed by atoms with Crippen LogP contribution < -0.4 is 5.73 Å². The Morgan fingerprint density at radius 2 is 2.18 bits per heavy atom. The summed E-state index contributed by atoms with van der Waals surface area (Å²) in [6, 6.07) is 9.62. The largest absolute Gasteiger partial charge is 0.336 e. The number of halogens is 2. The van der Waals surface area contributed by atoms with Gasteiger partial charge in [-0.05, 0) is 37.1 Å². The molecular formula is C15H18BrClN4O. The van der Waals surface area contributed by atoms with E-state index in [9.17, 15) is 4.79 Å². The maximum Gasteiger partial charge on any atom is 0.274 e. The molecule has 1 saturated heterocycles.